The number of ether oxygens (including phenoxy) is 1. The largest absolute Gasteiger partial charge is 0.484 e. The Labute approximate surface area is 183 Å². The van der Waals surface area contributed by atoms with E-state index in [-0.39, 0.29) is 24.3 Å². The van der Waals surface area contributed by atoms with Crippen LogP contribution in [0.5, 0.6) is 5.75 Å². The number of amides is 1. The smallest absolute Gasteiger partial charge is 0.258 e. The third-order valence-electron chi connectivity index (χ3n) is 5.36. The molecule has 0 radical (unpaired) electrons. The van der Waals surface area contributed by atoms with Crippen molar-refractivity contribution in [2.24, 2.45) is 0 Å². The van der Waals surface area contributed by atoms with Crippen molar-refractivity contribution in [3.8, 4) is 5.75 Å². The number of aryl methyl sites for hydroxylation is 1. The molecule has 1 aliphatic rings. The van der Waals surface area contributed by atoms with Gasteiger partial charge in [-0.25, -0.2) is 9.97 Å². The van der Waals surface area contributed by atoms with E-state index in [1.165, 1.54) is 6.92 Å². The number of Topliss-reactive ketones (excluding diaryl/α,β-unsaturated/α-hetero) is 1. The summed E-state index contributed by atoms with van der Waals surface area (Å²) in [6.45, 7) is 3.37. The fraction of sp³-hybridized carbons (Fsp3) is 0.478. The zero-order valence-electron chi connectivity index (χ0n) is 18.6. The minimum Gasteiger partial charge on any atom is -0.484 e. The van der Waals surface area contributed by atoms with Crippen LogP contribution in [0.25, 0.3) is 0 Å². The molecule has 166 valence electrons. The molecule has 0 aliphatic heterocycles. The molecule has 1 amide bonds. The standard InChI is InChI=1S/C23H31N5O3/c1-15(29)17-5-11-20(12-6-17)31-14-23(30)27-19-9-7-18(8-10-19)26-21-13-22(28(3)4)25-16(2)24-21/h5-6,11-13,18-19H,7-10,14H2,1-4H3,(H,27,30)(H,24,25,26). The van der Waals surface area contributed by atoms with Crippen LogP contribution in [0.2, 0.25) is 0 Å². The van der Waals surface area contributed by atoms with Gasteiger partial charge in [-0.15, -0.1) is 0 Å². The monoisotopic (exact) mass is 425 g/mol. The Morgan fingerprint density at radius 1 is 1.06 bits per heavy atom. The summed E-state index contributed by atoms with van der Waals surface area (Å²) in [5.41, 5.74) is 0.622. The van der Waals surface area contributed by atoms with Gasteiger partial charge in [0.05, 0.1) is 0 Å². The molecule has 3 rings (SSSR count). The minimum absolute atomic E-state index is 0.00220. The van der Waals surface area contributed by atoms with Crippen molar-refractivity contribution >= 4 is 23.3 Å². The second kappa shape index (κ2) is 10.2. The quantitative estimate of drug-likeness (QED) is 0.628. The normalized spacial score (nSPS) is 18.2. The van der Waals surface area contributed by atoms with Crippen LogP contribution >= 0.6 is 0 Å². The molecule has 0 spiro atoms. The maximum Gasteiger partial charge on any atom is 0.258 e. The topological polar surface area (TPSA) is 96.5 Å². The van der Waals surface area contributed by atoms with Gasteiger partial charge in [0.25, 0.3) is 5.91 Å². The van der Waals surface area contributed by atoms with Crippen LogP contribution in [0.4, 0.5) is 11.6 Å². The van der Waals surface area contributed by atoms with Crippen LogP contribution in [-0.4, -0.2) is 54.4 Å². The Morgan fingerprint density at radius 3 is 2.32 bits per heavy atom. The van der Waals surface area contributed by atoms with E-state index in [1.54, 1.807) is 24.3 Å². The zero-order valence-corrected chi connectivity index (χ0v) is 18.6. The molecule has 1 saturated carbocycles. The number of nitrogens with zero attached hydrogens (tertiary/aromatic N) is 3. The molecule has 1 aromatic carbocycles. The van der Waals surface area contributed by atoms with Gasteiger partial charge in [0.1, 0.15) is 23.2 Å². The third-order valence-corrected chi connectivity index (χ3v) is 5.36. The van der Waals surface area contributed by atoms with Crippen molar-refractivity contribution in [2.45, 2.75) is 51.6 Å². The molecule has 1 aromatic heterocycles. The lowest BCUT2D eigenvalue weighted by Crippen LogP contribution is -2.42. The lowest BCUT2D eigenvalue weighted by molar-refractivity contribution is -0.124. The summed E-state index contributed by atoms with van der Waals surface area (Å²) in [6, 6.07) is 9.25. The van der Waals surface area contributed by atoms with Crippen LogP contribution in [-0.2, 0) is 4.79 Å². The molecule has 8 nitrogen and oxygen atoms in total. The Bertz CT molecular complexity index is 906. The Kier molecular flexibility index (Phi) is 7.44. The number of hydrogen-bond donors (Lipinski definition) is 2. The Hall–Kier alpha value is -3.16. The number of nitrogens with one attached hydrogen (secondary N) is 2. The highest BCUT2D eigenvalue weighted by atomic mass is 16.5. The fourth-order valence-electron chi connectivity index (χ4n) is 3.65. The molecule has 1 fully saturated rings. The zero-order chi connectivity index (χ0) is 22.4. The van der Waals surface area contributed by atoms with Crippen molar-refractivity contribution in [2.75, 3.05) is 30.9 Å². The summed E-state index contributed by atoms with van der Waals surface area (Å²) in [5, 5.41) is 6.57. The maximum atomic E-state index is 12.2. The number of carbonyl (C=O) groups excluding carboxylic acids is 2. The van der Waals surface area contributed by atoms with E-state index in [4.69, 9.17) is 4.74 Å². The molecular formula is C23H31N5O3. The van der Waals surface area contributed by atoms with Crippen molar-refractivity contribution in [3.63, 3.8) is 0 Å². The average Bonchev–Trinajstić information content (AvgIpc) is 2.73. The maximum absolute atomic E-state index is 12.2. The number of ketones is 1. The van der Waals surface area contributed by atoms with Gasteiger partial charge < -0.3 is 20.3 Å². The highest BCUT2D eigenvalue weighted by Gasteiger charge is 2.23. The van der Waals surface area contributed by atoms with Crippen molar-refractivity contribution in [3.05, 3.63) is 41.7 Å². The van der Waals surface area contributed by atoms with Gasteiger partial charge in [-0.3, -0.25) is 9.59 Å². The summed E-state index contributed by atoms with van der Waals surface area (Å²) in [6.07, 6.45) is 3.72. The highest BCUT2D eigenvalue weighted by molar-refractivity contribution is 5.94. The van der Waals surface area contributed by atoms with Gasteiger partial charge in [-0.2, -0.15) is 0 Å². The number of hydrogen-bond acceptors (Lipinski definition) is 7. The second-order valence-corrected chi connectivity index (χ2v) is 8.18. The molecule has 0 unspecified atom stereocenters. The molecule has 2 aromatic rings. The third kappa shape index (κ3) is 6.67. The van der Waals surface area contributed by atoms with Crippen LogP contribution in [0.15, 0.2) is 30.3 Å². The van der Waals surface area contributed by atoms with E-state index in [2.05, 4.69) is 20.6 Å². The second-order valence-electron chi connectivity index (χ2n) is 8.18. The predicted molar refractivity (Wildman–Crippen MR) is 121 cm³/mol. The summed E-state index contributed by atoms with van der Waals surface area (Å²) in [5.74, 6) is 2.91. The first-order valence-corrected chi connectivity index (χ1v) is 10.6. The van der Waals surface area contributed by atoms with E-state index < -0.39 is 0 Å². The minimum atomic E-state index is -0.130. The molecular weight excluding hydrogens is 394 g/mol. The lowest BCUT2D eigenvalue weighted by Gasteiger charge is -2.30. The number of rotatable bonds is 8. The highest BCUT2D eigenvalue weighted by Crippen LogP contribution is 2.23. The number of anilines is 2. The molecule has 0 atom stereocenters. The van der Waals surface area contributed by atoms with E-state index in [9.17, 15) is 9.59 Å². The molecule has 1 heterocycles. The van der Waals surface area contributed by atoms with E-state index in [1.807, 2.05) is 32.0 Å². The van der Waals surface area contributed by atoms with E-state index >= 15 is 0 Å². The summed E-state index contributed by atoms with van der Waals surface area (Å²) < 4.78 is 5.53. The SMILES string of the molecule is CC(=O)c1ccc(OCC(=O)NC2CCC(Nc3cc(N(C)C)nc(C)n3)CC2)cc1. The van der Waals surface area contributed by atoms with E-state index in [0.717, 1.165) is 43.1 Å². The fourth-order valence-corrected chi connectivity index (χ4v) is 3.65. The summed E-state index contributed by atoms with van der Waals surface area (Å²) >= 11 is 0. The van der Waals surface area contributed by atoms with Gasteiger partial charge >= 0.3 is 0 Å². The van der Waals surface area contributed by atoms with Crippen molar-refractivity contribution < 1.29 is 14.3 Å². The van der Waals surface area contributed by atoms with Gasteiger partial charge in [0, 0.05) is 37.8 Å². The Morgan fingerprint density at radius 2 is 1.71 bits per heavy atom. The number of aromatic nitrogens is 2. The van der Waals surface area contributed by atoms with Gasteiger partial charge in [0.2, 0.25) is 0 Å². The first-order valence-electron chi connectivity index (χ1n) is 10.6. The number of carbonyl (C=O) groups is 2. The predicted octanol–water partition coefficient (Wildman–Crippen LogP) is 2.97. The molecule has 1 aliphatic carbocycles. The first-order chi connectivity index (χ1) is 14.8. The van der Waals surface area contributed by atoms with Crippen LogP contribution in [0, 0.1) is 6.92 Å². The molecule has 0 saturated heterocycles. The molecule has 0 bridgehead atoms. The van der Waals surface area contributed by atoms with Crippen LogP contribution in [0.1, 0.15) is 48.8 Å². The van der Waals surface area contributed by atoms with Crippen molar-refractivity contribution in [1.29, 1.82) is 0 Å². The summed E-state index contributed by atoms with van der Waals surface area (Å²) in [7, 11) is 3.93. The van der Waals surface area contributed by atoms with Crippen LogP contribution in [0.3, 0.4) is 0 Å². The number of benzene rings is 1. The van der Waals surface area contributed by atoms with Crippen LogP contribution < -0.4 is 20.3 Å². The van der Waals surface area contributed by atoms with Gasteiger partial charge in [-0.05, 0) is 63.8 Å². The average molecular weight is 426 g/mol. The Balaban J connectivity index is 1.41. The lowest BCUT2D eigenvalue weighted by atomic mass is 9.91. The molecule has 8 heteroatoms. The van der Waals surface area contributed by atoms with Gasteiger partial charge in [-0.1, -0.05) is 0 Å². The van der Waals surface area contributed by atoms with Crippen molar-refractivity contribution in [1.82, 2.24) is 15.3 Å². The van der Waals surface area contributed by atoms with Gasteiger partial charge in [0.15, 0.2) is 12.4 Å². The summed E-state index contributed by atoms with van der Waals surface area (Å²) in [4.78, 5) is 34.4. The molecule has 31 heavy (non-hydrogen) atoms. The molecule has 2 N–H and O–H groups in total. The first kappa shape index (κ1) is 22.5. The van der Waals surface area contributed by atoms with E-state index in [0.29, 0.717) is 17.4 Å².